The number of para-hydroxylation sites is 1. The molecule has 4 nitrogen and oxygen atoms in total. The molecule has 2 aromatic carbocycles. The second-order valence-corrected chi connectivity index (χ2v) is 5.16. The van der Waals surface area contributed by atoms with Crippen molar-refractivity contribution in [3.8, 4) is 5.75 Å². The molecule has 0 radical (unpaired) electrons. The summed E-state index contributed by atoms with van der Waals surface area (Å²) in [5.74, 6) is -0.00767. The summed E-state index contributed by atoms with van der Waals surface area (Å²) in [5, 5.41) is 2.87. The van der Waals surface area contributed by atoms with Crippen LogP contribution in [-0.4, -0.2) is 5.97 Å². The van der Waals surface area contributed by atoms with Gasteiger partial charge in [0, 0.05) is 17.4 Å². The van der Waals surface area contributed by atoms with E-state index >= 15 is 0 Å². The van der Waals surface area contributed by atoms with E-state index in [9.17, 15) is 9.70 Å². The SMILES string of the molecule is CC(=O)Oc1c(CN=O)cccc1Sc1ccccc1. The maximum atomic E-state index is 11.2. The molecule has 0 fully saturated rings. The zero-order chi connectivity index (χ0) is 14.4. The number of carbonyl (C=O) groups excluding carboxylic acids is 1. The van der Waals surface area contributed by atoms with Gasteiger partial charge in [-0.1, -0.05) is 47.3 Å². The van der Waals surface area contributed by atoms with Gasteiger partial charge in [0.15, 0.2) is 0 Å². The van der Waals surface area contributed by atoms with Crippen LogP contribution in [0.5, 0.6) is 5.75 Å². The fourth-order valence-electron chi connectivity index (χ4n) is 1.71. The molecule has 0 heterocycles. The lowest BCUT2D eigenvalue weighted by Gasteiger charge is -2.12. The molecule has 0 bridgehead atoms. The van der Waals surface area contributed by atoms with Crippen molar-refractivity contribution in [3.63, 3.8) is 0 Å². The van der Waals surface area contributed by atoms with Crippen LogP contribution in [-0.2, 0) is 11.3 Å². The van der Waals surface area contributed by atoms with Crippen LogP contribution in [0, 0.1) is 4.91 Å². The summed E-state index contributed by atoms with van der Waals surface area (Å²) in [6.45, 7) is 1.31. The number of carbonyl (C=O) groups is 1. The molecule has 20 heavy (non-hydrogen) atoms. The van der Waals surface area contributed by atoms with Crippen LogP contribution in [0.3, 0.4) is 0 Å². The van der Waals surface area contributed by atoms with Crippen molar-refractivity contribution in [2.24, 2.45) is 5.18 Å². The van der Waals surface area contributed by atoms with E-state index in [1.807, 2.05) is 42.5 Å². The minimum atomic E-state index is -0.418. The van der Waals surface area contributed by atoms with Crippen LogP contribution >= 0.6 is 11.8 Å². The van der Waals surface area contributed by atoms with Gasteiger partial charge in [0.25, 0.3) is 0 Å². The topological polar surface area (TPSA) is 55.7 Å². The van der Waals surface area contributed by atoms with Gasteiger partial charge in [0.2, 0.25) is 0 Å². The van der Waals surface area contributed by atoms with Crippen molar-refractivity contribution in [2.75, 3.05) is 0 Å². The molecule has 0 aliphatic rings. The van der Waals surface area contributed by atoms with Gasteiger partial charge in [-0.3, -0.25) is 4.79 Å². The predicted octanol–water partition coefficient (Wildman–Crippen LogP) is 4.03. The van der Waals surface area contributed by atoms with Crippen molar-refractivity contribution < 1.29 is 9.53 Å². The minimum Gasteiger partial charge on any atom is -0.425 e. The van der Waals surface area contributed by atoms with E-state index in [2.05, 4.69) is 5.18 Å². The fraction of sp³-hybridized carbons (Fsp3) is 0.133. The predicted molar refractivity (Wildman–Crippen MR) is 77.8 cm³/mol. The first-order valence-electron chi connectivity index (χ1n) is 6.03. The van der Waals surface area contributed by atoms with Gasteiger partial charge in [-0.05, 0) is 18.2 Å². The van der Waals surface area contributed by atoms with Gasteiger partial charge in [-0.2, -0.15) is 4.91 Å². The Morgan fingerprint density at radius 2 is 1.90 bits per heavy atom. The molecule has 0 aromatic heterocycles. The fourth-order valence-corrected chi connectivity index (χ4v) is 2.67. The Labute approximate surface area is 121 Å². The number of hydrogen-bond acceptors (Lipinski definition) is 5. The summed E-state index contributed by atoms with van der Waals surface area (Å²) in [6.07, 6.45) is 0. The third kappa shape index (κ3) is 3.68. The molecule has 5 heteroatoms. The summed E-state index contributed by atoms with van der Waals surface area (Å²) in [4.78, 5) is 23.5. The number of benzene rings is 2. The van der Waals surface area contributed by atoms with Gasteiger partial charge in [0.05, 0.1) is 4.90 Å². The van der Waals surface area contributed by atoms with Gasteiger partial charge >= 0.3 is 5.97 Å². The van der Waals surface area contributed by atoms with E-state index in [0.717, 1.165) is 9.79 Å². The maximum absolute atomic E-state index is 11.2. The molecule has 0 saturated heterocycles. The Bertz CT molecular complexity index is 614. The maximum Gasteiger partial charge on any atom is 0.308 e. The molecule has 0 aliphatic carbocycles. The first-order chi connectivity index (χ1) is 9.70. The van der Waals surface area contributed by atoms with Crippen LogP contribution in [0.25, 0.3) is 0 Å². The summed E-state index contributed by atoms with van der Waals surface area (Å²) in [6, 6.07) is 15.1. The third-order valence-electron chi connectivity index (χ3n) is 2.51. The smallest absolute Gasteiger partial charge is 0.308 e. The van der Waals surface area contributed by atoms with E-state index in [1.54, 1.807) is 6.07 Å². The highest BCUT2D eigenvalue weighted by Crippen LogP contribution is 2.37. The minimum absolute atomic E-state index is 0.0220. The standard InChI is InChI=1S/C15H13NO3S/c1-11(17)19-15-12(10-16-18)6-5-9-14(15)20-13-7-3-2-4-8-13/h2-9H,10H2,1H3. The molecule has 102 valence electrons. The molecule has 0 atom stereocenters. The monoisotopic (exact) mass is 287 g/mol. The molecule has 2 aromatic rings. The molecular formula is C15H13NO3S. The number of hydrogen-bond donors (Lipinski definition) is 0. The van der Waals surface area contributed by atoms with Crippen molar-refractivity contribution in [1.29, 1.82) is 0 Å². The first kappa shape index (κ1) is 14.3. The quantitative estimate of drug-likeness (QED) is 0.473. The van der Waals surface area contributed by atoms with E-state index in [0.29, 0.717) is 11.3 Å². The van der Waals surface area contributed by atoms with Gasteiger partial charge in [-0.25, -0.2) is 0 Å². The molecule has 0 amide bonds. The Morgan fingerprint density at radius 1 is 1.15 bits per heavy atom. The van der Waals surface area contributed by atoms with Gasteiger partial charge in [-0.15, -0.1) is 0 Å². The summed E-state index contributed by atoms with van der Waals surface area (Å²) in [5.41, 5.74) is 0.608. The van der Waals surface area contributed by atoms with Crippen molar-refractivity contribution in [3.05, 3.63) is 59.0 Å². The van der Waals surface area contributed by atoms with Crippen LogP contribution in [0.2, 0.25) is 0 Å². The Balaban J connectivity index is 2.37. The Hall–Kier alpha value is -2.14. The van der Waals surface area contributed by atoms with E-state index < -0.39 is 5.97 Å². The van der Waals surface area contributed by atoms with Crippen molar-refractivity contribution in [2.45, 2.75) is 23.3 Å². The average Bonchev–Trinajstić information content (AvgIpc) is 2.43. The van der Waals surface area contributed by atoms with Crippen molar-refractivity contribution >= 4 is 17.7 Å². The van der Waals surface area contributed by atoms with Crippen LogP contribution in [0.1, 0.15) is 12.5 Å². The van der Waals surface area contributed by atoms with Crippen LogP contribution in [0.4, 0.5) is 0 Å². The van der Waals surface area contributed by atoms with E-state index in [1.165, 1.54) is 18.7 Å². The zero-order valence-electron chi connectivity index (χ0n) is 10.9. The normalized spacial score (nSPS) is 10.1. The lowest BCUT2D eigenvalue weighted by atomic mass is 10.2. The number of nitrogens with zero attached hydrogens (tertiary/aromatic N) is 1. The van der Waals surface area contributed by atoms with Gasteiger partial charge in [0.1, 0.15) is 12.3 Å². The molecule has 0 spiro atoms. The van der Waals surface area contributed by atoms with E-state index in [4.69, 9.17) is 4.74 Å². The second-order valence-electron chi connectivity index (χ2n) is 4.04. The Morgan fingerprint density at radius 3 is 2.55 bits per heavy atom. The molecule has 0 aliphatic heterocycles. The number of esters is 1. The Kier molecular flexibility index (Phi) is 4.90. The molecular weight excluding hydrogens is 274 g/mol. The zero-order valence-corrected chi connectivity index (χ0v) is 11.7. The second kappa shape index (κ2) is 6.86. The summed E-state index contributed by atoms with van der Waals surface area (Å²) in [7, 11) is 0. The highest BCUT2D eigenvalue weighted by Gasteiger charge is 2.13. The average molecular weight is 287 g/mol. The van der Waals surface area contributed by atoms with E-state index in [-0.39, 0.29) is 6.54 Å². The lowest BCUT2D eigenvalue weighted by molar-refractivity contribution is -0.132. The lowest BCUT2D eigenvalue weighted by Crippen LogP contribution is -2.05. The summed E-state index contributed by atoms with van der Waals surface area (Å²) >= 11 is 1.48. The molecule has 2 rings (SSSR count). The van der Waals surface area contributed by atoms with Crippen LogP contribution < -0.4 is 4.74 Å². The molecule has 0 saturated carbocycles. The first-order valence-corrected chi connectivity index (χ1v) is 6.84. The third-order valence-corrected chi connectivity index (χ3v) is 3.56. The number of ether oxygens (including phenoxy) is 1. The van der Waals surface area contributed by atoms with Crippen molar-refractivity contribution in [1.82, 2.24) is 0 Å². The van der Waals surface area contributed by atoms with Crippen LogP contribution in [0.15, 0.2) is 63.5 Å². The highest BCUT2D eigenvalue weighted by atomic mass is 32.2. The van der Waals surface area contributed by atoms with Gasteiger partial charge < -0.3 is 4.74 Å². The highest BCUT2D eigenvalue weighted by molar-refractivity contribution is 7.99. The molecule has 0 unspecified atom stereocenters. The number of rotatable bonds is 5. The largest absolute Gasteiger partial charge is 0.425 e. The number of nitroso groups, excluding NO2 is 1. The summed E-state index contributed by atoms with van der Waals surface area (Å²) < 4.78 is 5.24. The molecule has 0 N–H and O–H groups in total.